The molecule has 0 saturated carbocycles. The van der Waals surface area contributed by atoms with Crippen molar-refractivity contribution in [3.8, 4) is 0 Å². The number of amides is 1. The van der Waals surface area contributed by atoms with Crippen LogP contribution in [0.25, 0.3) is 0 Å². The Kier molecular flexibility index (Phi) is 7.23. The van der Waals surface area contributed by atoms with Gasteiger partial charge in [-0.15, -0.1) is 0 Å². The number of carbonyl (C=O) groups is 2. The first-order valence-electron chi connectivity index (χ1n) is 8.80. The van der Waals surface area contributed by atoms with Crippen molar-refractivity contribution in [2.45, 2.75) is 18.7 Å². The third-order valence-electron chi connectivity index (χ3n) is 3.99. The maximum Gasteiger partial charge on any atom is 0.359 e. The third kappa shape index (κ3) is 5.48. The standard InChI is InChI=1S/C18H22N4O6S/c1-4-22(5-2)29(26,27)14-8-6-13(7-9-14)19-16(23)12-28-18(25)15-10-11-17(24)21(3)20-15/h6-11H,4-5,12H2,1-3H3,(H,19,23). The van der Waals surface area contributed by atoms with Crippen LogP contribution in [0.1, 0.15) is 24.3 Å². The van der Waals surface area contributed by atoms with Gasteiger partial charge in [-0.1, -0.05) is 13.8 Å². The molecule has 0 spiro atoms. The molecule has 0 bridgehead atoms. The number of rotatable bonds is 8. The topological polar surface area (TPSA) is 128 Å². The number of aryl methyl sites for hydroxylation is 1. The zero-order valence-corrected chi connectivity index (χ0v) is 17.1. The maximum atomic E-state index is 12.4. The highest BCUT2D eigenvalue weighted by atomic mass is 32.2. The lowest BCUT2D eigenvalue weighted by Gasteiger charge is -2.18. The van der Waals surface area contributed by atoms with Gasteiger partial charge in [-0.2, -0.15) is 9.40 Å². The Morgan fingerprint density at radius 3 is 2.28 bits per heavy atom. The molecule has 1 aromatic heterocycles. The quantitative estimate of drug-likeness (QED) is 0.617. The summed E-state index contributed by atoms with van der Waals surface area (Å²) in [6.07, 6.45) is 0. The Labute approximate surface area is 168 Å². The number of hydrogen-bond donors (Lipinski definition) is 1. The lowest BCUT2D eigenvalue weighted by Crippen LogP contribution is -2.30. The molecule has 0 aliphatic rings. The van der Waals surface area contributed by atoms with Crippen molar-refractivity contribution in [3.63, 3.8) is 0 Å². The van der Waals surface area contributed by atoms with E-state index in [-0.39, 0.29) is 16.1 Å². The summed E-state index contributed by atoms with van der Waals surface area (Å²) >= 11 is 0. The predicted molar refractivity (Wildman–Crippen MR) is 105 cm³/mol. The molecule has 1 N–H and O–H groups in total. The van der Waals surface area contributed by atoms with Crippen molar-refractivity contribution in [1.82, 2.24) is 14.1 Å². The van der Waals surface area contributed by atoms with E-state index < -0.39 is 28.5 Å². The van der Waals surface area contributed by atoms with E-state index in [2.05, 4.69) is 10.4 Å². The van der Waals surface area contributed by atoms with Gasteiger partial charge in [0.1, 0.15) is 0 Å². The summed E-state index contributed by atoms with van der Waals surface area (Å²) in [5.41, 5.74) is -0.138. The number of ether oxygens (including phenoxy) is 1. The van der Waals surface area contributed by atoms with Crippen molar-refractivity contribution in [1.29, 1.82) is 0 Å². The molecule has 156 valence electrons. The zero-order valence-electron chi connectivity index (χ0n) is 16.3. The second-order valence-corrected chi connectivity index (χ2v) is 7.86. The monoisotopic (exact) mass is 422 g/mol. The summed E-state index contributed by atoms with van der Waals surface area (Å²) in [4.78, 5) is 35.2. The van der Waals surface area contributed by atoms with E-state index in [4.69, 9.17) is 4.74 Å². The molecule has 1 aromatic carbocycles. The lowest BCUT2D eigenvalue weighted by atomic mass is 10.3. The van der Waals surface area contributed by atoms with Crippen LogP contribution in [0, 0.1) is 0 Å². The number of nitrogens with zero attached hydrogens (tertiary/aromatic N) is 3. The summed E-state index contributed by atoms with van der Waals surface area (Å²) in [7, 11) is -2.20. The van der Waals surface area contributed by atoms with Crippen LogP contribution in [0.4, 0.5) is 5.69 Å². The Morgan fingerprint density at radius 1 is 1.10 bits per heavy atom. The van der Waals surface area contributed by atoms with Gasteiger partial charge in [0.25, 0.3) is 11.5 Å². The minimum absolute atomic E-state index is 0.106. The Morgan fingerprint density at radius 2 is 1.72 bits per heavy atom. The van der Waals surface area contributed by atoms with E-state index in [0.717, 1.165) is 10.7 Å². The molecule has 11 heteroatoms. The first-order valence-corrected chi connectivity index (χ1v) is 10.2. The number of aromatic nitrogens is 2. The number of anilines is 1. The molecule has 29 heavy (non-hydrogen) atoms. The Balaban J connectivity index is 1.96. The molecule has 0 atom stereocenters. The molecule has 2 rings (SSSR count). The largest absolute Gasteiger partial charge is 0.451 e. The molecule has 0 aliphatic heterocycles. The summed E-state index contributed by atoms with van der Waals surface area (Å²) in [6.45, 7) is 3.64. The molecule has 1 amide bonds. The van der Waals surface area contributed by atoms with Crippen molar-refractivity contribution < 1.29 is 22.7 Å². The number of carbonyl (C=O) groups excluding carboxylic acids is 2. The average Bonchev–Trinajstić information content (AvgIpc) is 2.69. The molecule has 0 saturated heterocycles. The van der Waals surface area contributed by atoms with Crippen molar-refractivity contribution in [3.05, 3.63) is 52.4 Å². The minimum atomic E-state index is -3.59. The van der Waals surface area contributed by atoms with E-state index in [9.17, 15) is 22.8 Å². The second-order valence-electron chi connectivity index (χ2n) is 5.92. The van der Waals surface area contributed by atoms with Gasteiger partial charge < -0.3 is 10.1 Å². The van der Waals surface area contributed by atoms with Crippen LogP contribution in [0.15, 0.2) is 46.1 Å². The molecule has 0 radical (unpaired) electrons. The first-order chi connectivity index (χ1) is 13.7. The van der Waals surface area contributed by atoms with Crippen LogP contribution < -0.4 is 10.9 Å². The summed E-state index contributed by atoms with van der Waals surface area (Å²) < 4.78 is 32.0. The van der Waals surface area contributed by atoms with E-state index in [1.54, 1.807) is 13.8 Å². The highest BCUT2D eigenvalue weighted by Gasteiger charge is 2.21. The fourth-order valence-corrected chi connectivity index (χ4v) is 3.89. The van der Waals surface area contributed by atoms with Gasteiger partial charge in [-0.25, -0.2) is 17.9 Å². The molecule has 10 nitrogen and oxygen atoms in total. The van der Waals surface area contributed by atoms with Crippen molar-refractivity contribution in [2.24, 2.45) is 7.05 Å². The van der Waals surface area contributed by atoms with Crippen LogP contribution >= 0.6 is 0 Å². The lowest BCUT2D eigenvalue weighted by molar-refractivity contribution is -0.119. The third-order valence-corrected chi connectivity index (χ3v) is 6.05. The van der Waals surface area contributed by atoms with Gasteiger partial charge in [-0.3, -0.25) is 9.59 Å². The minimum Gasteiger partial charge on any atom is -0.451 e. The normalized spacial score (nSPS) is 11.3. The van der Waals surface area contributed by atoms with Crippen molar-refractivity contribution in [2.75, 3.05) is 25.0 Å². The van der Waals surface area contributed by atoms with Crippen LogP contribution in [0.2, 0.25) is 0 Å². The predicted octanol–water partition coefficient (Wildman–Crippen LogP) is 0.606. The highest BCUT2D eigenvalue weighted by molar-refractivity contribution is 7.89. The van der Waals surface area contributed by atoms with E-state index in [0.29, 0.717) is 18.8 Å². The molecule has 1 heterocycles. The fraction of sp³-hybridized carbons (Fsp3) is 0.333. The van der Waals surface area contributed by atoms with E-state index >= 15 is 0 Å². The zero-order chi connectivity index (χ0) is 21.6. The van der Waals surface area contributed by atoms with E-state index in [1.807, 2.05) is 0 Å². The van der Waals surface area contributed by atoms with Crippen LogP contribution in [-0.4, -0.2) is 54.1 Å². The number of nitrogens with one attached hydrogen (secondary N) is 1. The number of esters is 1. The Bertz CT molecular complexity index is 1040. The molecular weight excluding hydrogens is 400 g/mol. The van der Waals surface area contributed by atoms with Gasteiger partial charge in [0.05, 0.1) is 4.90 Å². The molecule has 2 aromatic rings. The summed E-state index contributed by atoms with van der Waals surface area (Å²) in [5.74, 6) is -1.46. The molecule has 0 fully saturated rings. The summed E-state index contributed by atoms with van der Waals surface area (Å²) in [6, 6.07) is 8.05. The number of hydrogen-bond acceptors (Lipinski definition) is 7. The number of benzene rings is 1. The summed E-state index contributed by atoms with van der Waals surface area (Å²) in [5, 5.41) is 6.24. The van der Waals surface area contributed by atoms with Crippen LogP contribution in [0.5, 0.6) is 0 Å². The molecule has 0 unspecified atom stereocenters. The van der Waals surface area contributed by atoms with Gasteiger partial charge in [-0.05, 0) is 30.3 Å². The van der Waals surface area contributed by atoms with Crippen LogP contribution in [0.3, 0.4) is 0 Å². The smallest absolute Gasteiger partial charge is 0.359 e. The maximum absolute atomic E-state index is 12.4. The highest BCUT2D eigenvalue weighted by Crippen LogP contribution is 2.18. The van der Waals surface area contributed by atoms with Crippen LogP contribution in [-0.2, 0) is 26.6 Å². The van der Waals surface area contributed by atoms with Gasteiger partial charge in [0, 0.05) is 31.9 Å². The van der Waals surface area contributed by atoms with E-state index in [1.165, 1.54) is 41.7 Å². The SMILES string of the molecule is CCN(CC)S(=O)(=O)c1ccc(NC(=O)COC(=O)c2ccc(=O)n(C)n2)cc1. The van der Waals surface area contributed by atoms with Gasteiger partial charge in [0.2, 0.25) is 10.0 Å². The molecule has 0 aliphatic carbocycles. The van der Waals surface area contributed by atoms with Crippen molar-refractivity contribution >= 4 is 27.6 Å². The number of sulfonamides is 1. The molecular formula is C18H22N4O6S. The van der Waals surface area contributed by atoms with Gasteiger partial charge in [0.15, 0.2) is 12.3 Å². The average molecular weight is 422 g/mol. The fourth-order valence-electron chi connectivity index (χ4n) is 2.44. The second kappa shape index (κ2) is 9.43. The Hall–Kier alpha value is -3.05. The first kappa shape index (κ1) is 22.2. The van der Waals surface area contributed by atoms with Gasteiger partial charge >= 0.3 is 5.97 Å².